The van der Waals surface area contributed by atoms with Crippen LogP contribution >= 0.6 is 0 Å². The Morgan fingerprint density at radius 1 is 0.960 bits per heavy atom. The van der Waals surface area contributed by atoms with E-state index >= 15 is 0 Å². The van der Waals surface area contributed by atoms with E-state index in [0.717, 1.165) is 10.9 Å². The predicted octanol–water partition coefficient (Wildman–Crippen LogP) is 5.19. The van der Waals surface area contributed by atoms with Gasteiger partial charge in [-0.1, -0.05) is 30.3 Å². The molecule has 1 aromatic heterocycles. The molecule has 3 nitrogen and oxygen atoms in total. The van der Waals surface area contributed by atoms with Gasteiger partial charge in [-0.15, -0.1) is 0 Å². The van der Waals surface area contributed by atoms with Crippen molar-refractivity contribution in [1.29, 1.82) is 0 Å². The van der Waals surface area contributed by atoms with Crippen LogP contribution in [0.15, 0.2) is 54.6 Å². The van der Waals surface area contributed by atoms with Gasteiger partial charge in [-0.2, -0.15) is 0 Å². The minimum atomic E-state index is -0.663. The fourth-order valence-corrected chi connectivity index (χ4v) is 2.09. The highest BCUT2D eigenvalue weighted by molar-refractivity contribution is 5.94. The maximum absolute atomic E-state index is 12.8. The summed E-state index contributed by atoms with van der Waals surface area (Å²) in [5, 5.41) is 1.06. The minimum Gasteiger partial charge on any atom is -0.485 e. The van der Waals surface area contributed by atoms with Gasteiger partial charge in [-0.05, 0) is 38.1 Å². The molecule has 5 heteroatoms. The molecule has 2 aromatic carbocycles. The molecule has 0 aliphatic carbocycles. The number of Topliss-reactive ketones (excluding diaryl/α,β-unsaturated/α-hetero) is 1. The maximum atomic E-state index is 12.8. The monoisotopic (exact) mass is 343 g/mol. The lowest BCUT2D eigenvalue weighted by molar-refractivity contribution is 0.101. The van der Waals surface area contributed by atoms with Crippen LogP contribution in [0, 0.1) is 11.6 Å². The summed E-state index contributed by atoms with van der Waals surface area (Å²) in [5.74, 6) is -1.62. The van der Waals surface area contributed by atoms with E-state index in [-0.39, 0.29) is 17.6 Å². The van der Waals surface area contributed by atoms with Crippen molar-refractivity contribution >= 4 is 16.7 Å². The summed E-state index contributed by atoms with van der Waals surface area (Å²) in [7, 11) is 0. The summed E-state index contributed by atoms with van der Waals surface area (Å²) < 4.78 is 30.6. The van der Waals surface area contributed by atoms with Crippen LogP contribution in [0.1, 0.15) is 31.3 Å². The normalized spacial score (nSPS) is 10.3. The number of para-hydroxylation sites is 2. The van der Waals surface area contributed by atoms with Gasteiger partial charge in [0.25, 0.3) is 0 Å². The van der Waals surface area contributed by atoms with Gasteiger partial charge >= 0.3 is 0 Å². The minimum absolute atomic E-state index is 0.00533. The Kier molecular flexibility index (Phi) is 6.17. The van der Waals surface area contributed by atoms with Crippen molar-refractivity contribution in [2.45, 2.75) is 26.9 Å². The van der Waals surface area contributed by atoms with E-state index in [2.05, 4.69) is 4.98 Å². The molecule has 3 aromatic rings. The Labute approximate surface area is 145 Å². The third-order valence-corrected chi connectivity index (χ3v) is 3.23. The highest BCUT2D eigenvalue weighted by atomic mass is 19.1. The molecule has 0 atom stereocenters. The van der Waals surface area contributed by atoms with E-state index in [9.17, 15) is 13.6 Å². The van der Waals surface area contributed by atoms with Crippen LogP contribution in [0.5, 0.6) is 5.75 Å². The van der Waals surface area contributed by atoms with E-state index < -0.39 is 11.6 Å². The van der Waals surface area contributed by atoms with E-state index in [4.69, 9.17) is 4.74 Å². The smallest absolute Gasteiger partial charge is 0.191 e. The van der Waals surface area contributed by atoms with Crippen LogP contribution in [0.2, 0.25) is 0 Å². The second-order valence-electron chi connectivity index (χ2n) is 5.66. The first-order valence-electron chi connectivity index (χ1n) is 7.86. The quantitative estimate of drug-likeness (QED) is 0.614. The van der Waals surface area contributed by atoms with Gasteiger partial charge in [0.2, 0.25) is 0 Å². The Hall–Kier alpha value is -2.82. The molecular formula is C20H19F2NO2. The highest BCUT2D eigenvalue weighted by Crippen LogP contribution is 2.21. The maximum Gasteiger partial charge on any atom is 0.191 e. The first kappa shape index (κ1) is 18.5. The molecule has 0 spiro atoms. The Balaban J connectivity index is 0.000000181. The highest BCUT2D eigenvalue weighted by Gasteiger charge is 2.10. The van der Waals surface area contributed by atoms with Crippen molar-refractivity contribution in [3.63, 3.8) is 0 Å². The third-order valence-electron chi connectivity index (χ3n) is 3.23. The molecule has 130 valence electrons. The summed E-state index contributed by atoms with van der Waals surface area (Å²) in [6.45, 7) is 4.95. The van der Waals surface area contributed by atoms with Crippen LogP contribution in [0.25, 0.3) is 10.9 Å². The molecule has 0 fully saturated rings. The SMILES string of the molecule is CC(=O)c1ccc2ccccc2n1.CC(C)Oc1c(F)cccc1F. The largest absolute Gasteiger partial charge is 0.485 e. The van der Waals surface area contributed by atoms with Crippen LogP contribution < -0.4 is 4.74 Å². The van der Waals surface area contributed by atoms with Crippen LogP contribution in [0.4, 0.5) is 8.78 Å². The molecule has 0 N–H and O–H groups in total. The summed E-state index contributed by atoms with van der Waals surface area (Å²) in [4.78, 5) is 15.3. The zero-order chi connectivity index (χ0) is 18.4. The molecule has 0 radical (unpaired) electrons. The molecule has 0 unspecified atom stereocenters. The average Bonchev–Trinajstić information content (AvgIpc) is 2.58. The number of ether oxygens (including phenoxy) is 1. The Morgan fingerprint density at radius 3 is 2.20 bits per heavy atom. The summed E-state index contributed by atoms with van der Waals surface area (Å²) >= 11 is 0. The summed E-state index contributed by atoms with van der Waals surface area (Å²) in [5.41, 5.74) is 1.40. The van der Waals surface area contributed by atoms with Gasteiger partial charge in [-0.25, -0.2) is 13.8 Å². The zero-order valence-corrected chi connectivity index (χ0v) is 14.3. The molecule has 0 aliphatic heterocycles. The summed E-state index contributed by atoms with van der Waals surface area (Å²) in [6, 6.07) is 15.1. The lowest BCUT2D eigenvalue weighted by atomic mass is 10.2. The van der Waals surface area contributed by atoms with Gasteiger partial charge in [0, 0.05) is 12.3 Å². The first-order chi connectivity index (χ1) is 11.9. The van der Waals surface area contributed by atoms with Gasteiger partial charge < -0.3 is 4.74 Å². The van der Waals surface area contributed by atoms with Crippen molar-refractivity contribution < 1.29 is 18.3 Å². The van der Waals surface area contributed by atoms with Crippen molar-refractivity contribution in [3.05, 3.63) is 71.9 Å². The fourth-order valence-electron chi connectivity index (χ4n) is 2.09. The van der Waals surface area contributed by atoms with Crippen LogP contribution in [-0.2, 0) is 0 Å². The second kappa shape index (κ2) is 8.33. The number of carbonyl (C=O) groups is 1. The van der Waals surface area contributed by atoms with E-state index in [0.29, 0.717) is 5.69 Å². The number of rotatable bonds is 3. The molecule has 0 aliphatic rings. The first-order valence-corrected chi connectivity index (χ1v) is 7.86. The number of fused-ring (bicyclic) bond motifs is 1. The number of halogens is 2. The molecule has 1 heterocycles. The van der Waals surface area contributed by atoms with Gasteiger partial charge in [0.15, 0.2) is 23.2 Å². The Bertz CT molecular complexity index is 858. The number of nitrogens with zero attached hydrogens (tertiary/aromatic N) is 1. The van der Waals surface area contributed by atoms with E-state index in [1.54, 1.807) is 19.9 Å². The number of aromatic nitrogens is 1. The predicted molar refractivity (Wildman–Crippen MR) is 93.9 cm³/mol. The lowest BCUT2D eigenvalue weighted by Crippen LogP contribution is -2.08. The zero-order valence-electron chi connectivity index (χ0n) is 14.3. The van der Waals surface area contributed by atoms with E-state index in [1.807, 2.05) is 30.3 Å². The molecule has 0 saturated heterocycles. The van der Waals surface area contributed by atoms with Gasteiger partial charge in [0.05, 0.1) is 11.6 Å². The molecule has 25 heavy (non-hydrogen) atoms. The van der Waals surface area contributed by atoms with E-state index in [1.165, 1.54) is 25.1 Å². The molecule has 0 amide bonds. The standard InChI is InChI=1S/C11H9NO.C9H10F2O/c1-8(13)10-7-6-9-4-2-3-5-11(9)12-10;1-6(2)12-9-7(10)4-3-5-8(9)11/h2-7H,1H3;3-6H,1-2H3. The van der Waals surface area contributed by atoms with Crippen LogP contribution in [0.3, 0.4) is 0 Å². The third kappa shape index (κ3) is 5.08. The number of carbonyl (C=O) groups excluding carboxylic acids is 1. The number of pyridine rings is 1. The molecular weight excluding hydrogens is 324 g/mol. The van der Waals surface area contributed by atoms with Gasteiger partial charge in [0.1, 0.15) is 5.69 Å². The molecule has 3 rings (SSSR count). The average molecular weight is 343 g/mol. The van der Waals surface area contributed by atoms with Crippen molar-refractivity contribution in [3.8, 4) is 5.75 Å². The lowest BCUT2D eigenvalue weighted by Gasteiger charge is -2.10. The van der Waals surface area contributed by atoms with Crippen molar-refractivity contribution in [2.24, 2.45) is 0 Å². The number of benzene rings is 2. The van der Waals surface area contributed by atoms with Gasteiger partial charge in [-0.3, -0.25) is 4.79 Å². The number of hydrogen-bond donors (Lipinski definition) is 0. The number of hydrogen-bond acceptors (Lipinski definition) is 3. The van der Waals surface area contributed by atoms with Crippen LogP contribution in [-0.4, -0.2) is 16.9 Å². The molecule has 0 bridgehead atoms. The fraction of sp³-hybridized carbons (Fsp3) is 0.200. The summed E-state index contributed by atoms with van der Waals surface area (Å²) in [6.07, 6.45) is -0.226. The number of ketones is 1. The van der Waals surface area contributed by atoms with Crippen molar-refractivity contribution in [2.75, 3.05) is 0 Å². The Morgan fingerprint density at radius 2 is 1.60 bits per heavy atom. The second-order valence-corrected chi connectivity index (χ2v) is 5.66. The topological polar surface area (TPSA) is 39.2 Å². The van der Waals surface area contributed by atoms with Crippen molar-refractivity contribution in [1.82, 2.24) is 4.98 Å². The molecule has 0 saturated carbocycles.